The first-order valence-corrected chi connectivity index (χ1v) is 5.69. The summed E-state index contributed by atoms with van der Waals surface area (Å²) in [4.78, 5) is 10.9. The molecule has 4 heteroatoms. The Morgan fingerprint density at radius 3 is 2.44 bits per heavy atom. The van der Waals surface area contributed by atoms with Crippen LogP contribution in [-0.2, 0) is 0 Å². The molecule has 0 bridgehead atoms. The molecule has 2 N–H and O–H groups in total. The highest BCUT2D eigenvalue weighted by atomic mass is 35.5. The molecule has 0 aliphatic heterocycles. The molecule has 92 valence electrons. The molecule has 0 heterocycles. The minimum atomic E-state index is -1.08. The maximum Gasteiger partial charge on any atom is 0.335 e. The van der Waals surface area contributed by atoms with Gasteiger partial charge in [0.1, 0.15) is 5.75 Å². The fourth-order valence-electron chi connectivity index (χ4n) is 1.67. The largest absolute Gasteiger partial charge is 0.508 e. The molecule has 0 fully saturated rings. The second-order valence-corrected chi connectivity index (χ2v) is 4.44. The number of carboxylic acid groups (broad SMARTS) is 1. The molecule has 0 saturated heterocycles. The summed E-state index contributed by atoms with van der Waals surface area (Å²) in [6.07, 6.45) is 0. The Bertz CT molecular complexity index is 620. The van der Waals surface area contributed by atoms with Gasteiger partial charge in [0, 0.05) is 5.02 Å². The quantitative estimate of drug-likeness (QED) is 0.867. The topological polar surface area (TPSA) is 57.5 Å². The normalized spacial score (nSPS) is 10.3. The highest BCUT2D eigenvalue weighted by Gasteiger charge is 2.08. The van der Waals surface area contributed by atoms with Crippen molar-refractivity contribution in [3.05, 3.63) is 52.5 Å². The Kier molecular flexibility index (Phi) is 3.26. The van der Waals surface area contributed by atoms with Gasteiger partial charge in [-0.05, 0) is 47.9 Å². The van der Waals surface area contributed by atoms with Gasteiger partial charge < -0.3 is 10.2 Å². The van der Waals surface area contributed by atoms with Crippen molar-refractivity contribution in [2.24, 2.45) is 0 Å². The second kappa shape index (κ2) is 4.70. The van der Waals surface area contributed by atoms with Gasteiger partial charge >= 0.3 is 5.97 Å². The average Bonchev–Trinajstić information content (AvgIpc) is 2.31. The van der Waals surface area contributed by atoms with E-state index >= 15 is 0 Å². The lowest BCUT2D eigenvalue weighted by molar-refractivity contribution is 0.0696. The van der Waals surface area contributed by atoms with Gasteiger partial charge in [-0.1, -0.05) is 23.7 Å². The number of halogens is 1. The number of hydrogen-bond donors (Lipinski definition) is 2. The molecule has 0 amide bonds. The number of rotatable bonds is 2. The minimum Gasteiger partial charge on any atom is -0.508 e. The number of carboxylic acids is 1. The fourth-order valence-corrected chi connectivity index (χ4v) is 1.85. The number of phenols is 1. The minimum absolute atomic E-state index is 0.0432. The lowest BCUT2D eigenvalue weighted by Crippen LogP contribution is -1.96. The summed E-state index contributed by atoms with van der Waals surface area (Å²) in [7, 11) is 0. The molecule has 2 aromatic rings. The maximum absolute atomic E-state index is 10.9. The molecule has 3 nitrogen and oxygen atoms in total. The highest BCUT2D eigenvalue weighted by molar-refractivity contribution is 6.31. The SMILES string of the molecule is Cc1ccc(-c2cc(O)cc(C(=O)O)c2)cc1Cl. The molecule has 0 radical (unpaired) electrons. The van der Waals surface area contributed by atoms with Crippen LogP contribution in [-0.4, -0.2) is 16.2 Å². The van der Waals surface area contributed by atoms with Crippen molar-refractivity contribution in [1.82, 2.24) is 0 Å². The summed E-state index contributed by atoms with van der Waals surface area (Å²) < 4.78 is 0. The predicted molar refractivity (Wildman–Crippen MR) is 70.2 cm³/mol. The molecule has 2 rings (SSSR count). The zero-order valence-corrected chi connectivity index (χ0v) is 10.4. The smallest absolute Gasteiger partial charge is 0.335 e. The van der Waals surface area contributed by atoms with Crippen LogP contribution >= 0.6 is 11.6 Å². The molecular weight excluding hydrogens is 252 g/mol. The van der Waals surface area contributed by atoms with Crippen molar-refractivity contribution in [1.29, 1.82) is 0 Å². The predicted octanol–water partition coefficient (Wildman–Crippen LogP) is 3.72. The molecule has 0 spiro atoms. The van der Waals surface area contributed by atoms with E-state index in [2.05, 4.69) is 0 Å². The van der Waals surface area contributed by atoms with Crippen LogP contribution in [0.3, 0.4) is 0 Å². The van der Waals surface area contributed by atoms with Gasteiger partial charge in [0.15, 0.2) is 0 Å². The monoisotopic (exact) mass is 262 g/mol. The van der Waals surface area contributed by atoms with E-state index in [0.717, 1.165) is 11.1 Å². The number of aromatic hydroxyl groups is 1. The van der Waals surface area contributed by atoms with E-state index in [0.29, 0.717) is 10.6 Å². The van der Waals surface area contributed by atoms with Crippen molar-refractivity contribution < 1.29 is 15.0 Å². The van der Waals surface area contributed by atoms with Crippen LogP contribution in [0.5, 0.6) is 5.75 Å². The number of aryl methyl sites for hydroxylation is 1. The van der Waals surface area contributed by atoms with Crippen molar-refractivity contribution in [2.45, 2.75) is 6.92 Å². The van der Waals surface area contributed by atoms with Crippen LogP contribution in [0.25, 0.3) is 11.1 Å². The van der Waals surface area contributed by atoms with Gasteiger partial charge in [-0.25, -0.2) is 4.79 Å². The molecular formula is C14H11ClO3. The zero-order valence-electron chi connectivity index (χ0n) is 9.64. The first kappa shape index (κ1) is 12.5. The first-order valence-electron chi connectivity index (χ1n) is 5.31. The number of phenolic OH excluding ortho intramolecular Hbond substituents is 1. The van der Waals surface area contributed by atoms with Gasteiger partial charge in [0.2, 0.25) is 0 Å². The van der Waals surface area contributed by atoms with Crippen LogP contribution in [0.4, 0.5) is 0 Å². The third-order valence-corrected chi connectivity index (χ3v) is 3.08. The number of aromatic carboxylic acids is 1. The number of benzene rings is 2. The van der Waals surface area contributed by atoms with Crippen LogP contribution in [0.1, 0.15) is 15.9 Å². The van der Waals surface area contributed by atoms with Gasteiger partial charge in [0.25, 0.3) is 0 Å². The Labute approximate surface area is 109 Å². The van der Waals surface area contributed by atoms with E-state index < -0.39 is 5.97 Å². The van der Waals surface area contributed by atoms with Gasteiger partial charge in [-0.15, -0.1) is 0 Å². The van der Waals surface area contributed by atoms with Gasteiger partial charge in [0.05, 0.1) is 5.56 Å². The van der Waals surface area contributed by atoms with Crippen LogP contribution in [0.2, 0.25) is 5.02 Å². The van der Waals surface area contributed by atoms with Gasteiger partial charge in [-0.2, -0.15) is 0 Å². The Morgan fingerprint density at radius 1 is 1.11 bits per heavy atom. The third kappa shape index (κ3) is 2.46. The van der Waals surface area contributed by atoms with E-state index in [4.69, 9.17) is 16.7 Å². The summed E-state index contributed by atoms with van der Waals surface area (Å²) in [5, 5.41) is 19.1. The fraction of sp³-hybridized carbons (Fsp3) is 0.0714. The van der Waals surface area contributed by atoms with Crippen LogP contribution < -0.4 is 0 Å². The standard InChI is InChI=1S/C14H11ClO3/c1-8-2-3-9(7-13(8)15)10-4-11(14(17)18)6-12(16)5-10/h2-7,16H,1H3,(H,17,18). The number of hydrogen-bond acceptors (Lipinski definition) is 2. The highest BCUT2D eigenvalue weighted by Crippen LogP contribution is 2.28. The molecule has 0 aliphatic carbocycles. The molecule has 0 saturated carbocycles. The van der Waals surface area contributed by atoms with Crippen LogP contribution in [0, 0.1) is 6.92 Å². The Hall–Kier alpha value is -2.00. The van der Waals surface area contributed by atoms with E-state index in [1.165, 1.54) is 18.2 Å². The van der Waals surface area contributed by atoms with E-state index in [9.17, 15) is 9.90 Å². The van der Waals surface area contributed by atoms with E-state index in [1.807, 2.05) is 19.1 Å². The summed E-state index contributed by atoms with van der Waals surface area (Å²) in [5.41, 5.74) is 2.37. The van der Waals surface area contributed by atoms with Crippen molar-refractivity contribution in [2.75, 3.05) is 0 Å². The lowest BCUT2D eigenvalue weighted by Gasteiger charge is -2.06. The number of carbonyl (C=O) groups is 1. The summed E-state index contributed by atoms with van der Waals surface area (Å²) in [6.45, 7) is 1.89. The van der Waals surface area contributed by atoms with E-state index in [1.54, 1.807) is 6.07 Å². The molecule has 0 atom stereocenters. The summed E-state index contributed by atoms with van der Waals surface area (Å²) in [5.74, 6) is -1.16. The molecule has 18 heavy (non-hydrogen) atoms. The second-order valence-electron chi connectivity index (χ2n) is 4.04. The summed E-state index contributed by atoms with van der Waals surface area (Å²) >= 11 is 6.03. The molecule has 2 aromatic carbocycles. The molecule has 0 unspecified atom stereocenters. The van der Waals surface area contributed by atoms with Crippen molar-refractivity contribution >= 4 is 17.6 Å². The first-order chi connectivity index (χ1) is 8.47. The third-order valence-electron chi connectivity index (χ3n) is 2.67. The lowest BCUT2D eigenvalue weighted by atomic mass is 10.0. The van der Waals surface area contributed by atoms with Crippen LogP contribution in [0.15, 0.2) is 36.4 Å². The van der Waals surface area contributed by atoms with E-state index in [-0.39, 0.29) is 11.3 Å². The molecule has 0 aliphatic rings. The summed E-state index contributed by atoms with van der Waals surface area (Å²) in [6, 6.07) is 9.65. The zero-order chi connectivity index (χ0) is 13.3. The maximum atomic E-state index is 10.9. The van der Waals surface area contributed by atoms with Crippen molar-refractivity contribution in [3.8, 4) is 16.9 Å². The molecule has 0 aromatic heterocycles. The van der Waals surface area contributed by atoms with Gasteiger partial charge in [-0.3, -0.25) is 0 Å². The van der Waals surface area contributed by atoms with Crippen molar-refractivity contribution in [3.63, 3.8) is 0 Å². The Morgan fingerprint density at radius 2 is 1.83 bits per heavy atom. The Balaban J connectivity index is 2.56. The average molecular weight is 263 g/mol.